The molecule has 0 bridgehead atoms. The Kier molecular flexibility index (Phi) is 4.68. The Morgan fingerprint density at radius 3 is 2.95 bits per heavy atom. The van der Waals surface area contributed by atoms with Gasteiger partial charge in [0.05, 0.1) is 6.54 Å². The minimum absolute atomic E-state index is 0.312. The number of aryl methyl sites for hydroxylation is 2. The molecule has 0 fully saturated rings. The van der Waals surface area contributed by atoms with Crippen LogP contribution < -0.4 is 5.32 Å². The largest absolute Gasteiger partial charge is 0.303 e. The quantitative estimate of drug-likeness (QED) is 0.866. The van der Waals surface area contributed by atoms with Crippen LogP contribution in [-0.4, -0.2) is 14.8 Å². The minimum Gasteiger partial charge on any atom is -0.303 e. The van der Waals surface area contributed by atoms with Crippen molar-refractivity contribution in [1.29, 1.82) is 0 Å². The predicted octanol–water partition coefficient (Wildman–Crippen LogP) is 2.85. The van der Waals surface area contributed by atoms with Crippen LogP contribution in [-0.2, 0) is 13.1 Å². The lowest BCUT2D eigenvalue weighted by atomic mass is 10.1. The highest BCUT2D eigenvalue weighted by Crippen LogP contribution is 2.14. The summed E-state index contributed by atoms with van der Waals surface area (Å²) in [4.78, 5) is 4.31. The smallest absolute Gasteiger partial charge is 0.140 e. The first-order valence-corrected chi connectivity index (χ1v) is 6.87. The zero-order valence-corrected chi connectivity index (χ0v) is 11.9. The lowest BCUT2D eigenvalue weighted by Gasteiger charge is -2.14. The Hall–Kier alpha value is -1.68. The molecule has 0 spiro atoms. The number of nitrogens with one attached hydrogen (secondary N) is 1. The first kappa shape index (κ1) is 13.7. The number of rotatable bonds is 6. The van der Waals surface area contributed by atoms with Gasteiger partial charge in [0.1, 0.15) is 12.2 Å². The molecule has 0 amide bonds. The fourth-order valence-electron chi connectivity index (χ4n) is 2.13. The van der Waals surface area contributed by atoms with Gasteiger partial charge in [-0.3, -0.25) is 0 Å². The summed E-state index contributed by atoms with van der Waals surface area (Å²) in [7, 11) is 0. The first-order chi connectivity index (χ1) is 9.20. The van der Waals surface area contributed by atoms with Crippen LogP contribution in [0, 0.1) is 6.92 Å². The van der Waals surface area contributed by atoms with E-state index in [-0.39, 0.29) is 0 Å². The second kappa shape index (κ2) is 6.48. The van der Waals surface area contributed by atoms with E-state index < -0.39 is 0 Å². The molecule has 1 atom stereocenters. The van der Waals surface area contributed by atoms with E-state index in [4.69, 9.17) is 0 Å². The molecule has 0 aliphatic carbocycles. The van der Waals surface area contributed by atoms with Gasteiger partial charge >= 0.3 is 0 Å². The van der Waals surface area contributed by atoms with Crippen LogP contribution in [0.3, 0.4) is 0 Å². The molecule has 2 aromatic rings. The van der Waals surface area contributed by atoms with Crippen molar-refractivity contribution in [3.8, 4) is 0 Å². The van der Waals surface area contributed by atoms with Gasteiger partial charge in [0.2, 0.25) is 0 Å². The average Bonchev–Trinajstić information content (AvgIpc) is 2.84. The number of hydrogen-bond acceptors (Lipinski definition) is 3. The lowest BCUT2D eigenvalue weighted by Crippen LogP contribution is -2.21. The van der Waals surface area contributed by atoms with Crippen LogP contribution in [0.2, 0.25) is 0 Å². The summed E-state index contributed by atoms with van der Waals surface area (Å²) in [6.07, 6.45) is 2.70. The van der Waals surface area contributed by atoms with Crippen molar-refractivity contribution >= 4 is 0 Å². The van der Waals surface area contributed by atoms with E-state index in [0.717, 1.165) is 25.3 Å². The van der Waals surface area contributed by atoms with Gasteiger partial charge in [0.25, 0.3) is 0 Å². The maximum Gasteiger partial charge on any atom is 0.140 e. The molecule has 0 aliphatic rings. The van der Waals surface area contributed by atoms with Crippen molar-refractivity contribution in [2.24, 2.45) is 0 Å². The molecule has 0 aliphatic heterocycles. The second-order valence-corrected chi connectivity index (χ2v) is 4.92. The molecule has 4 heteroatoms. The van der Waals surface area contributed by atoms with Crippen LogP contribution in [0.5, 0.6) is 0 Å². The van der Waals surface area contributed by atoms with Crippen molar-refractivity contribution in [2.45, 2.75) is 46.3 Å². The van der Waals surface area contributed by atoms with E-state index >= 15 is 0 Å². The molecule has 1 heterocycles. The Morgan fingerprint density at radius 2 is 2.21 bits per heavy atom. The Morgan fingerprint density at radius 1 is 1.37 bits per heavy atom. The molecular formula is C15H22N4. The van der Waals surface area contributed by atoms with Crippen molar-refractivity contribution in [3.63, 3.8) is 0 Å². The number of hydrogen-bond donors (Lipinski definition) is 1. The maximum absolute atomic E-state index is 4.31. The van der Waals surface area contributed by atoms with Gasteiger partial charge < -0.3 is 5.32 Å². The zero-order chi connectivity index (χ0) is 13.7. The summed E-state index contributed by atoms with van der Waals surface area (Å²) in [5.74, 6) is 1.00. The third-order valence-electron chi connectivity index (χ3n) is 3.24. The van der Waals surface area contributed by atoms with Crippen molar-refractivity contribution in [3.05, 3.63) is 47.5 Å². The van der Waals surface area contributed by atoms with E-state index in [1.165, 1.54) is 11.1 Å². The highest BCUT2D eigenvalue weighted by Gasteiger charge is 2.08. The van der Waals surface area contributed by atoms with Gasteiger partial charge in [0, 0.05) is 12.6 Å². The first-order valence-electron chi connectivity index (χ1n) is 6.87. The molecule has 0 saturated carbocycles. The molecule has 0 unspecified atom stereocenters. The van der Waals surface area contributed by atoms with Crippen LogP contribution in [0.4, 0.5) is 0 Å². The highest BCUT2D eigenvalue weighted by atomic mass is 15.3. The fraction of sp³-hybridized carbons (Fsp3) is 0.467. The second-order valence-electron chi connectivity index (χ2n) is 4.92. The summed E-state index contributed by atoms with van der Waals surface area (Å²) in [5.41, 5.74) is 2.60. The highest BCUT2D eigenvalue weighted by molar-refractivity contribution is 5.24. The molecular weight excluding hydrogens is 236 g/mol. The van der Waals surface area contributed by atoms with Gasteiger partial charge in [-0.15, -0.1) is 0 Å². The summed E-state index contributed by atoms with van der Waals surface area (Å²) in [6, 6.07) is 8.90. The monoisotopic (exact) mass is 258 g/mol. The number of nitrogens with zero attached hydrogens (tertiary/aromatic N) is 3. The molecule has 1 aromatic carbocycles. The Bertz CT molecular complexity index is 518. The zero-order valence-electron chi connectivity index (χ0n) is 11.9. The summed E-state index contributed by atoms with van der Waals surface area (Å²) in [5, 5.41) is 7.74. The van der Waals surface area contributed by atoms with Crippen molar-refractivity contribution in [1.82, 2.24) is 20.1 Å². The SMILES string of the molecule is CCCn1ncnc1CN[C@@H](C)c1cccc(C)c1. The fourth-order valence-corrected chi connectivity index (χ4v) is 2.13. The van der Waals surface area contributed by atoms with Gasteiger partial charge in [-0.1, -0.05) is 36.8 Å². The molecule has 1 N–H and O–H groups in total. The van der Waals surface area contributed by atoms with Crippen LogP contribution in [0.15, 0.2) is 30.6 Å². The van der Waals surface area contributed by atoms with Gasteiger partial charge in [0.15, 0.2) is 0 Å². The van der Waals surface area contributed by atoms with Crippen molar-refractivity contribution in [2.75, 3.05) is 0 Å². The third kappa shape index (κ3) is 3.64. The Labute approximate surface area is 114 Å². The molecule has 0 radical (unpaired) electrons. The molecule has 0 saturated heterocycles. The summed E-state index contributed by atoms with van der Waals surface area (Å²) in [6.45, 7) is 8.11. The van der Waals surface area contributed by atoms with E-state index in [1.54, 1.807) is 6.33 Å². The topological polar surface area (TPSA) is 42.7 Å². The van der Waals surface area contributed by atoms with Crippen LogP contribution >= 0.6 is 0 Å². The summed E-state index contributed by atoms with van der Waals surface area (Å²) >= 11 is 0. The van der Waals surface area contributed by atoms with Gasteiger partial charge in [-0.05, 0) is 25.8 Å². The van der Waals surface area contributed by atoms with Crippen LogP contribution in [0.1, 0.15) is 43.3 Å². The minimum atomic E-state index is 0.312. The van der Waals surface area contributed by atoms with Gasteiger partial charge in [-0.25, -0.2) is 9.67 Å². The molecule has 102 valence electrons. The normalized spacial score (nSPS) is 12.6. The van der Waals surface area contributed by atoms with Crippen molar-refractivity contribution < 1.29 is 0 Å². The molecule has 1 aromatic heterocycles. The third-order valence-corrected chi connectivity index (χ3v) is 3.24. The number of benzene rings is 1. The standard InChI is InChI=1S/C15H22N4/c1-4-8-19-15(17-11-18-19)10-16-13(3)14-7-5-6-12(2)9-14/h5-7,9,11,13,16H,4,8,10H2,1-3H3/t13-/m0/s1. The maximum atomic E-state index is 4.31. The number of aromatic nitrogens is 3. The van der Waals surface area contributed by atoms with E-state index in [0.29, 0.717) is 6.04 Å². The summed E-state index contributed by atoms with van der Waals surface area (Å²) < 4.78 is 1.97. The molecule has 2 rings (SSSR count). The van der Waals surface area contributed by atoms with E-state index in [9.17, 15) is 0 Å². The lowest BCUT2D eigenvalue weighted by molar-refractivity contribution is 0.509. The van der Waals surface area contributed by atoms with E-state index in [2.05, 4.69) is 60.4 Å². The predicted molar refractivity (Wildman–Crippen MR) is 76.7 cm³/mol. The van der Waals surface area contributed by atoms with E-state index in [1.807, 2.05) is 4.68 Å². The Balaban J connectivity index is 1.96. The molecule has 19 heavy (non-hydrogen) atoms. The molecule has 4 nitrogen and oxygen atoms in total. The average molecular weight is 258 g/mol. The van der Waals surface area contributed by atoms with Gasteiger partial charge in [-0.2, -0.15) is 5.10 Å². The van der Waals surface area contributed by atoms with Crippen LogP contribution in [0.25, 0.3) is 0 Å².